The summed E-state index contributed by atoms with van der Waals surface area (Å²) in [6.07, 6.45) is 3.52. The number of fused-ring (bicyclic) bond motifs is 1. The number of unbranched alkanes of at least 4 members (excludes halogenated alkanes) is 1. The maximum atomic E-state index is 12.9. The van der Waals surface area contributed by atoms with E-state index in [1.54, 1.807) is 30.3 Å². The summed E-state index contributed by atoms with van der Waals surface area (Å²) in [6.45, 7) is 0.0946. The van der Waals surface area contributed by atoms with Gasteiger partial charge in [-0.1, -0.05) is 11.6 Å². The highest BCUT2D eigenvalue weighted by Gasteiger charge is 2.34. The molecule has 1 saturated carbocycles. The lowest BCUT2D eigenvalue weighted by Gasteiger charge is -2.23. The third kappa shape index (κ3) is 5.43. The number of carboxylic acid groups (broad SMARTS) is 1. The maximum absolute atomic E-state index is 12.9. The number of hydrogen-bond donors (Lipinski definition) is 2. The molecule has 0 saturated heterocycles. The quantitative estimate of drug-likeness (QED) is 0.379. The molecule has 186 valence electrons. The number of sulfonamides is 1. The van der Waals surface area contributed by atoms with Gasteiger partial charge in [0.15, 0.2) is 0 Å². The number of pyridine rings is 1. The standard InChI is InChI=1S/C24H26ClN3O6S/c1-26-23(31)20-18-13-17(14-6-7-14)22(28(35(2,32)33)12-4-3-5-19(29)30)27-24(18)34-21(20)15-8-10-16(25)11-9-15/h8-11,13-14H,3-7,12H2,1-2H3,(H,26,31)(H,29,30). The Balaban J connectivity index is 1.86. The van der Waals surface area contributed by atoms with Gasteiger partial charge in [0, 0.05) is 30.6 Å². The number of nitrogens with one attached hydrogen (secondary N) is 1. The van der Waals surface area contributed by atoms with Crippen LogP contribution in [0.15, 0.2) is 34.7 Å². The van der Waals surface area contributed by atoms with E-state index in [-0.39, 0.29) is 36.3 Å². The monoisotopic (exact) mass is 519 g/mol. The number of nitrogens with zero attached hydrogens (tertiary/aromatic N) is 2. The van der Waals surface area contributed by atoms with Gasteiger partial charge in [0.05, 0.1) is 17.2 Å². The molecule has 1 aliphatic rings. The second-order valence-electron chi connectivity index (χ2n) is 8.61. The van der Waals surface area contributed by atoms with Crippen LogP contribution in [-0.4, -0.2) is 50.2 Å². The second-order valence-corrected chi connectivity index (χ2v) is 10.9. The summed E-state index contributed by atoms with van der Waals surface area (Å²) < 4.78 is 32.7. The van der Waals surface area contributed by atoms with E-state index in [1.165, 1.54) is 11.4 Å². The van der Waals surface area contributed by atoms with Crippen molar-refractivity contribution in [1.29, 1.82) is 0 Å². The Morgan fingerprint density at radius 2 is 1.91 bits per heavy atom. The molecule has 0 radical (unpaired) electrons. The van der Waals surface area contributed by atoms with Crippen molar-refractivity contribution in [1.82, 2.24) is 10.3 Å². The zero-order valence-corrected chi connectivity index (χ0v) is 20.9. The molecule has 35 heavy (non-hydrogen) atoms. The van der Waals surface area contributed by atoms with Crippen molar-refractivity contribution in [2.24, 2.45) is 0 Å². The lowest BCUT2D eigenvalue weighted by molar-refractivity contribution is -0.137. The number of benzene rings is 1. The summed E-state index contributed by atoms with van der Waals surface area (Å²) in [4.78, 5) is 28.4. The maximum Gasteiger partial charge on any atom is 0.303 e. The Labute approximate surface area is 208 Å². The Morgan fingerprint density at radius 1 is 1.23 bits per heavy atom. The molecular formula is C24H26ClN3O6S. The third-order valence-corrected chi connectivity index (χ3v) is 7.32. The summed E-state index contributed by atoms with van der Waals surface area (Å²) in [5, 5.41) is 12.6. The number of carbonyl (C=O) groups excluding carboxylic acids is 1. The number of hydrogen-bond acceptors (Lipinski definition) is 6. The lowest BCUT2D eigenvalue weighted by Crippen LogP contribution is -2.32. The van der Waals surface area contributed by atoms with Gasteiger partial charge in [-0.25, -0.2) is 8.42 Å². The summed E-state index contributed by atoms with van der Waals surface area (Å²) in [5.74, 6) is -0.580. The van der Waals surface area contributed by atoms with E-state index in [9.17, 15) is 18.0 Å². The van der Waals surface area contributed by atoms with E-state index in [0.29, 0.717) is 40.1 Å². The fourth-order valence-electron chi connectivity index (χ4n) is 4.04. The molecule has 2 N–H and O–H groups in total. The number of anilines is 1. The smallest absolute Gasteiger partial charge is 0.303 e. The topological polar surface area (TPSA) is 130 Å². The molecule has 1 fully saturated rings. The Hall–Kier alpha value is -3.11. The van der Waals surface area contributed by atoms with Crippen molar-refractivity contribution >= 4 is 50.4 Å². The number of halogens is 1. The van der Waals surface area contributed by atoms with Gasteiger partial charge in [-0.15, -0.1) is 0 Å². The molecule has 2 aromatic heterocycles. The minimum absolute atomic E-state index is 0.0440. The van der Waals surface area contributed by atoms with Gasteiger partial charge in [0.25, 0.3) is 5.91 Å². The molecule has 1 aliphatic carbocycles. The van der Waals surface area contributed by atoms with Gasteiger partial charge >= 0.3 is 5.97 Å². The van der Waals surface area contributed by atoms with Crippen molar-refractivity contribution in [2.45, 2.75) is 38.0 Å². The van der Waals surface area contributed by atoms with E-state index in [1.807, 2.05) is 0 Å². The van der Waals surface area contributed by atoms with Gasteiger partial charge in [0.1, 0.15) is 11.6 Å². The Bertz CT molecular complexity index is 1380. The van der Waals surface area contributed by atoms with Gasteiger partial charge in [-0.3, -0.25) is 13.9 Å². The number of furan rings is 1. The average molecular weight is 520 g/mol. The summed E-state index contributed by atoms with van der Waals surface area (Å²) in [7, 11) is -2.18. The van der Waals surface area contributed by atoms with Crippen molar-refractivity contribution in [3.63, 3.8) is 0 Å². The molecule has 11 heteroatoms. The van der Waals surface area contributed by atoms with Crippen molar-refractivity contribution in [3.05, 3.63) is 46.5 Å². The zero-order chi connectivity index (χ0) is 25.3. The molecule has 0 aliphatic heterocycles. The molecule has 0 unspecified atom stereocenters. The van der Waals surface area contributed by atoms with Crippen LogP contribution < -0.4 is 9.62 Å². The molecule has 0 spiro atoms. The molecule has 0 atom stereocenters. The number of aromatic nitrogens is 1. The summed E-state index contributed by atoms with van der Waals surface area (Å²) >= 11 is 6.02. The zero-order valence-electron chi connectivity index (χ0n) is 19.4. The van der Waals surface area contributed by atoms with Crippen LogP contribution in [0, 0.1) is 0 Å². The predicted octanol–water partition coefficient (Wildman–Crippen LogP) is 4.41. The predicted molar refractivity (Wildman–Crippen MR) is 133 cm³/mol. The number of carbonyl (C=O) groups is 2. The summed E-state index contributed by atoms with van der Waals surface area (Å²) in [5.41, 5.74) is 1.83. The van der Waals surface area contributed by atoms with Crippen LogP contribution in [0.4, 0.5) is 5.82 Å². The number of aliphatic carboxylic acids is 1. The van der Waals surface area contributed by atoms with Crippen LogP contribution in [0.2, 0.25) is 5.02 Å². The van der Waals surface area contributed by atoms with Gasteiger partial charge < -0.3 is 14.8 Å². The molecule has 1 amide bonds. The van der Waals surface area contributed by atoms with Gasteiger partial charge in [-0.05, 0) is 67.5 Å². The van der Waals surface area contributed by atoms with Gasteiger partial charge in [-0.2, -0.15) is 4.98 Å². The largest absolute Gasteiger partial charge is 0.481 e. The van der Waals surface area contributed by atoms with E-state index in [2.05, 4.69) is 10.3 Å². The molecular weight excluding hydrogens is 494 g/mol. The van der Waals surface area contributed by atoms with E-state index < -0.39 is 16.0 Å². The van der Waals surface area contributed by atoms with Crippen LogP contribution in [0.1, 0.15) is 53.9 Å². The first-order valence-corrected chi connectivity index (χ1v) is 13.5. The first kappa shape index (κ1) is 25.0. The van der Waals surface area contributed by atoms with Crippen LogP contribution in [0.5, 0.6) is 0 Å². The normalized spacial score (nSPS) is 13.7. The first-order valence-electron chi connectivity index (χ1n) is 11.2. The fraction of sp³-hybridized carbons (Fsp3) is 0.375. The highest BCUT2D eigenvalue weighted by Crippen LogP contribution is 2.46. The highest BCUT2D eigenvalue weighted by atomic mass is 35.5. The molecule has 9 nitrogen and oxygen atoms in total. The van der Waals surface area contributed by atoms with Crippen LogP contribution in [-0.2, 0) is 14.8 Å². The van der Waals surface area contributed by atoms with Crippen LogP contribution in [0.3, 0.4) is 0 Å². The van der Waals surface area contributed by atoms with Crippen LogP contribution >= 0.6 is 11.6 Å². The summed E-state index contributed by atoms with van der Waals surface area (Å²) in [6, 6.07) is 8.66. The third-order valence-electron chi connectivity index (χ3n) is 5.91. The minimum Gasteiger partial charge on any atom is -0.481 e. The SMILES string of the molecule is CNC(=O)c1c(-c2ccc(Cl)cc2)oc2nc(N(CCCCC(=O)O)S(C)(=O)=O)c(C3CC3)cc12. The minimum atomic E-state index is -3.71. The first-order chi connectivity index (χ1) is 16.6. The second kappa shape index (κ2) is 9.87. The van der Waals surface area contributed by atoms with E-state index >= 15 is 0 Å². The molecule has 4 rings (SSSR count). The Kier molecular flexibility index (Phi) is 7.05. The highest BCUT2D eigenvalue weighted by molar-refractivity contribution is 7.92. The number of rotatable bonds is 10. The Morgan fingerprint density at radius 3 is 2.49 bits per heavy atom. The van der Waals surface area contributed by atoms with Crippen LogP contribution in [0.25, 0.3) is 22.4 Å². The molecule has 0 bridgehead atoms. The molecule has 3 aromatic rings. The van der Waals surface area contributed by atoms with Crippen molar-refractivity contribution in [2.75, 3.05) is 24.2 Å². The molecule has 2 heterocycles. The fourth-order valence-corrected chi connectivity index (χ4v) is 5.09. The lowest BCUT2D eigenvalue weighted by atomic mass is 10.0. The number of amides is 1. The average Bonchev–Trinajstić information content (AvgIpc) is 3.57. The van der Waals surface area contributed by atoms with Crippen molar-refractivity contribution < 1.29 is 27.5 Å². The van der Waals surface area contributed by atoms with E-state index in [4.69, 9.17) is 21.1 Å². The number of carboxylic acids is 1. The molecule has 1 aromatic carbocycles. The van der Waals surface area contributed by atoms with Gasteiger partial charge in [0.2, 0.25) is 15.7 Å². The van der Waals surface area contributed by atoms with E-state index in [0.717, 1.165) is 24.7 Å². The van der Waals surface area contributed by atoms with Crippen molar-refractivity contribution in [3.8, 4) is 11.3 Å².